The molecular formula is C12H8Cl2N2O2S. The van der Waals surface area contributed by atoms with Gasteiger partial charge in [-0.25, -0.2) is 14.8 Å². The Hall–Kier alpha value is -1.30. The predicted octanol–water partition coefficient (Wildman–Crippen LogP) is 3.77. The van der Waals surface area contributed by atoms with E-state index in [1.165, 1.54) is 18.0 Å². The van der Waals surface area contributed by atoms with Crippen molar-refractivity contribution in [3.8, 4) is 0 Å². The molecule has 0 spiro atoms. The fourth-order valence-electron chi connectivity index (χ4n) is 1.30. The predicted molar refractivity (Wildman–Crippen MR) is 75.0 cm³/mol. The van der Waals surface area contributed by atoms with E-state index in [0.717, 1.165) is 5.56 Å². The van der Waals surface area contributed by atoms with Gasteiger partial charge in [-0.05, 0) is 17.7 Å². The Bertz CT molecular complexity index is 605. The van der Waals surface area contributed by atoms with E-state index in [9.17, 15) is 4.79 Å². The first-order valence-electron chi connectivity index (χ1n) is 5.19. The van der Waals surface area contributed by atoms with Crippen molar-refractivity contribution in [3.05, 3.63) is 51.8 Å². The smallest absolute Gasteiger partial charge is 0.356 e. The first kappa shape index (κ1) is 14.1. The average molecular weight is 315 g/mol. The maximum Gasteiger partial charge on any atom is 0.356 e. The molecule has 0 aliphatic rings. The number of nitrogens with zero attached hydrogens (tertiary/aromatic N) is 2. The van der Waals surface area contributed by atoms with Gasteiger partial charge in [-0.15, -0.1) is 0 Å². The highest BCUT2D eigenvalue weighted by molar-refractivity contribution is 7.98. The molecule has 0 aliphatic heterocycles. The Kier molecular flexibility index (Phi) is 4.63. The lowest BCUT2D eigenvalue weighted by Gasteiger charge is -2.03. The van der Waals surface area contributed by atoms with E-state index in [2.05, 4.69) is 9.97 Å². The number of halogens is 2. The summed E-state index contributed by atoms with van der Waals surface area (Å²) in [5.41, 5.74) is 0.861. The molecule has 0 fully saturated rings. The van der Waals surface area contributed by atoms with Crippen molar-refractivity contribution in [3.63, 3.8) is 0 Å². The topological polar surface area (TPSA) is 63.1 Å². The second kappa shape index (κ2) is 6.23. The fourth-order valence-corrected chi connectivity index (χ4v) is 2.37. The zero-order valence-electron chi connectivity index (χ0n) is 9.51. The van der Waals surface area contributed by atoms with Gasteiger partial charge in [0.15, 0.2) is 10.9 Å². The summed E-state index contributed by atoms with van der Waals surface area (Å²) in [4.78, 5) is 18.8. The van der Waals surface area contributed by atoms with Crippen molar-refractivity contribution >= 4 is 40.9 Å². The van der Waals surface area contributed by atoms with E-state index in [-0.39, 0.29) is 10.7 Å². The average Bonchev–Trinajstić information content (AvgIpc) is 2.39. The first-order valence-corrected chi connectivity index (χ1v) is 6.93. The summed E-state index contributed by atoms with van der Waals surface area (Å²) in [5, 5.41) is 9.98. The third-order valence-corrected chi connectivity index (χ3v) is 3.67. The zero-order valence-corrected chi connectivity index (χ0v) is 11.8. The molecule has 0 saturated heterocycles. The molecule has 0 radical (unpaired) electrons. The van der Waals surface area contributed by atoms with Crippen molar-refractivity contribution in [2.45, 2.75) is 10.9 Å². The van der Waals surface area contributed by atoms with Crippen molar-refractivity contribution in [2.24, 2.45) is 0 Å². The third-order valence-electron chi connectivity index (χ3n) is 2.21. The van der Waals surface area contributed by atoms with Gasteiger partial charge in [-0.2, -0.15) is 0 Å². The highest BCUT2D eigenvalue weighted by Gasteiger charge is 2.12. The van der Waals surface area contributed by atoms with Crippen molar-refractivity contribution in [1.29, 1.82) is 0 Å². The van der Waals surface area contributed by atoms with Gasteiger partial charge in [0.2, 0.25) is 0 Å². The second-order valence-electron chi connectivity index (χ2n) is 3.57. The molecule has 0 amide bonds. The van der Waals surface area contributed by atoms with Crippen LogP contribution < -0.4 is 0 Å². The zero-order chi connectivity index (χ0) is 13.8. The highest BCUT2D eigenvalue weighted by Crippen LogP contribution is 2.22. The maximum atomic E-state index is 10.9. The number of carboxylic acids is 1. The molecule has 2 rings (SSSR count). The molecule has 0 saturated carbocycles. The van der Waals surface area contributed by atoms with Gasteiger partial charge in [0, 0.05) is 10.8 Å². The van der Waals surface area contributed by atoms with Crippen LogP contribution >= 0.6 is 35.0 Å². The van der Waals surface area contributed by atoms with Crippen LogP contribution in [0.1, 0.15) is 16.1 Å². The number of benzene rings is 1. The van der Waals surface area contributed by atoms with Crippen LogP contribution in [-0.4, -0.2) is 21.0 Å². The lowest BCUT2D eigenvalue weighted by Crippen LogP contribution is -2.03. The molecule has 2 aromatic rings. The summed E-state index contributed by atoms with van der Waals surface area (Å²) in [5.74, 6) is -0.543. The van der Waals surface area contributed by atoms with Crippen molar-refractivity contribution in [1.82, 2.24) is 9.97 Å². The van der Waals surface area contributed by atoms with Crippen LogP contribution in [0, 0.1) is 0 Å². The lowest BCUT2D eigenvalue weighted by molar-refractivity contribution is 0.0689. The van der Waals surface area contributed by atoms with E-state index in [4.69, 9.17) is 28.3 Å². The third kappa shape index (κ3) is 3.83. The normalized spacial score (nSPS) is 10.4. The van der Waals surface area contributed by atoms with E-state index < -0.39 is 5.97 Å². The molecule has 1 aromatic heterocycles. The number of aromatic carboxylic acids is 1. The van der Waals surface area contributed by atoms with E-state index in [1.54, 1.807) is 12.1 Å². The van der Waals surface area contributed by atoms with Gasteiger partial charge in [0.1, 0.15) is 0 Å². The van der Waals surface area contributed by atoms with Gasteiger partial charge in [0.25, 0.3) is 0 Å². The maximum absolute atomic E-state index is 10.9. The molecule has 0 atom stereocenters. The Balaban J connectivity index is 2.09. The van der Waals surface area contributed by atoms with Crippen LogP contribution in [0.15, 0.2) is 35.6 Å². The molecule has 19 heavy (non-hydrogen) atoms. The molecule has 0 unspecified atom stereocenters. The first-order chi connectivity index (χ1) is 9.06. The van der Waals surface area contributed by atoms with Crippen LogP contribution in [0.5, 0.6) is 0 Å². The van der Waals surface area contributed by atoms with Crippen molar-refractivity contribution in [2.75, 3.05) is 0 Å². The standard InChI is InChI=1S/C12H8Cl2N2O2S/c13-8-3-1-7(2-4-8)6-19-12-15-5-9(14)10(16-12)11(17)18/h1-5H,6H2,(H,17,18). The fraction of sp³-hybridized carbons (Fsp3) is 0.0833. The van der Waals surface area contributed by atoms with E-state index in [1.807, 2.05) is 12.1 Å². The quantitative estimate of drug-likeness (QED) is 0.687. The van der Waals surface area contributed by atoms with E-state index in [0.29, 0.717) is 15.9 Å². The largest absolute Gasteiger partial charge is 0.476 e. The molecule has 7 heteroatoms. The van der Waals surface area contributed by atoms with E-state index >= 15 is 0 Å². The molecule has 1 aromatic carbocycles. The van der Waals surface area contributed by atoms with Gasteiger partial charge in [-0.1, -0.05) is 47.1 Å². The van der Waals surface area contributed by atoms with Crippen LogP contribution in [0.4, 0.5) is 0 Å². The molecule has 1 N–H and O–H groups in total. The Morgan fingerprint density at radius 1 is 1.26 bits per heavy atom. The van der Waals surface area contributed by atoms with Gasteiger partial charge >= 0.3 is 5.97 Å². The Morgan fingerprint density at radius 3 is 2.58 bits per heavy atom. The number of carboxylic acid groups (broad SMARTS) is 1. The summed E-state index contributed by atoms with van der Waals surface area (Å²) >= 11 is 12.8. The van der Waals surface area contributed by atoms with Crippen LogP contribution in [0.25, 0.3) is 0 Å². The Labute approximate surface area is 123 Å². The molecule has 98 valence electrons. The minimum atomic E-state index is -1.17. The SMILES string of the molecule is O=C(O)c1nc(SCc2ccc(Cl)cc2)ncc1Cl. The molecule has 0 aliphatic carbocycles. The number of carbonyl (C=O) groups is 1. The molecule has 0 bridgehead atoms. The summed E-state index contributed by atoms with van der Waals surface area (Å²) < 4.78 is 0. The monoisotopic (exact) mass is 314 g/mol. The molecular weight excluding hydrogens is 307 g/mol. The molecule has 4 nitrogen and oxygen atoms in total. The van der Waals surface area contributed by atoms with Gasteiger partial charge in [0.05, 0.1) is 11.2 Å². The summed E-state index contributed by atoms with van der Waals surface area (Å²) in [6.07, 6.45) is 1.29. The molecule has 1 heterocycles. The summed E-state index contributed by atoms with van der Waals surface area (Å²) in [6.45, 7) is 0. The van der Waals surface area contributed by atoms with Crippen LogP contribution in [-0.2, 0) is 5.75 Å². The number of hydrogen-bond donors (Lipinski definition) is 1. The minimum absolute atomic E-state index is 0.0309. The number of thioether (sulfide) groups is 1. The van der Waals surface area contributed by atoms with Crippen LogP contribution in [0.3, 0.4) is 0 Å². The van der Waals surface area contributed by atoms with Crippen LogP contribution in [0.2, 0.25) is 10.0 Å². The lowest BCUT2D eigenvalue weighted by atomic mass is 10.2. The number of rotatable bonds is 4. The number of hydrogen-bond acceptors (Lipinski definition) is 4. The minimum Gasteiger partial charge on any atom is -0.476 e. The number of aromatic nitrogens is 2. The van der Waals surface area contributed by atoms with Crippen molar-refractivity contribution < 1.29 is 9.90 Å². The summed E-state index contributed by atoms with van der Waals surface area (Å²) in [7, 11) is 0. The second-order valence-corrected chi connectivity index (χ2v) is 5.36. The summed E-state index contributed by atoms with van der Waals surface area (Å²) in [6, 6.07) is 7.37. The van der Waals surface area contributed by atoms with Gasteiger partial charge < -0.3 is 5.11 Å². The highest BCUT2D eigenvalue weighted by atomic mass is 35.5. The Morgan fingerprint density at radius 2 is 1.95 bits per heavy atom. The van der Waals surface area contributed by atoms with Gasteiger partial charge in [-0.3, -0.25) is 0 Å².